The lowest BCUT2D eigenvalue weighted by molar-refractivity contribution is -0.139. The van der Waals surface area contributed by atoms with E-state index in [0.29, 0.717) is 18.6 Å². The fourth-order valence-electron chi connectivity index (χ4n) is 4.69. The molecule has 1 saturated carbocycles. The minimum absolute atomic E-state index is 0.113. The van der Waals surface area contributed by atoms with Gasteiger partial charge < -0.3 is 15.0 Å². The highest BCUT2D eigenvalue weighted by Crippen LogP contribution is 2.30. The number of sulfonamides is 1. The van der Waals surface area contributed by atoms with Crippen molar-refractivity contribution in [2.24, 2.45) is 0 Å². The third-order valence-electron chi connectivity index (χ3n) is 6.67. The molecule has 2 aromatic rings. The van der Waals surface area contributed by atoms with Crippen LogP contribution in [0.3, 0.4) is 0 Å². The van der Waals surface area contributed by atoms with E-state index in [1.807, 2.05) is 37.3 Å². The number of hydrogen-bond donors (Lipinski definition) is 1. The summed E-state index contributed by atoms with van der Waals surface area (Å²) in [4.78, 5) is 28.5. The number of nitrogens with zero attached hydrogens (tertiary/aromatic N) is 2. The Hall–Kier alpha value is -2.78. The van der Waals surface area contributed by atoms with Crippen molar-refractivity contribution in [3.05, 3.63) is 59.1 Å². The van der Waals surface area contributed by atoms with E-state index < -0.39 is 28.5 Å². The number of halogens is 1. The Morgan fingerprint density at radius 2 is 1.81 bits per heavy atom. The van der Waals surface area contributed by atoms with E-state index >= 15 is 0 Å². The lowest BCUT2D eigenvalue weighted by Gasteiger charge is -2.33. The largest absolute Gasteiger partial charge is 0.495 e. The number of rotatable bonds is 12. The molecule has 0 saturated heterocycles. The Morgan fingerprint density at radius 1 is 1.14 bits per heavy atom. The number of methoxy groups -OCH3 is 1. The van der Waals surface area contributed by atoms with Crippen LogP contribution in [0, 0.1) is 0 Å². The monoisotopic (exact) mass is 549 g/mol. The van der Waals surface area contributed by atoms with Gasteiger partial charge in [-0.1, -0.05) is 61.7 Å². The maximum atomic E-state index is 13.7. The van der Waals surface area contributed by atoms with Crippen molar-refractivity contribution in [2.45, 2.75) is 57.5 Å². The molecule has 37 heavy (non-hydrogen) atoms. The maximum Gasteiger partial charge on any atom is 0.244 e. The molecule has 0 heterocycles. The van der Waals surface area contributed by atoms with Gasteiger partial charge in [0, 0.05) is 12.6 Å². The molecule has 0 spiro atoms. The summed E-state index contributed by atoms with van der Waals surface area (Å²) in [5, 5.41) is 3.33. The molecule has 1 fully saturated rings. The normalized spacial score (nSPS) is 14.7. The second-order valence-electron chi connectivity index (χ2n) is 9.33. The van der Waals surface area contributed by atoms with Crippen LogP contribution in [0.25, 0.3) is 0 Å². The molecule has 8 nitrogen and oxygen atoms in total. The number of carbonyl (C=O) groups excluding carboxylic acids is 2. The van der Waals surface area contributed by atoms with E-state index in [4.69, 9.17) is 16.3 Å². The molecule has 1 aliphatic carbocycles. The van der Waals surface area contributed by atoms with Crippen molar-refractivity contribution in [3.63, 3.8) is 0 Å². The van der Waals surface area contributed by atoms with Gasteiger partial charge in [0.1, 0.15) is 18.3 Å². The highest BCUT2D eigenvalue weighted by molar-refractivity contribution is 7.92. The first-order valence-corrected chi connectivity index (χ1v) is 14.8. The van der Waals surface area contributed by atoms with Crippen LogP contribution in [-0.4, -0.2) is 63.7 Å². The number of amides is 2. The van der Waals surface area contributed by atoms with E-state index in [-0.39, 0.29) is 29.2 Å². The number of anilines is 1. The minimum atomic E-state index is -3.84. The molecule has 202 valence electrons. The van der Waals surface area contributed by atoms with Gasteiger partial charge in [0.2, 0.25) is 21.8 Å². The maximum absolute atomic E-state index is 13.7. The quantitative estimate of drug-likeness (QED) is 0.431. The second kappa shape index (κ2) is 13.1. The van der Waals surface area contributed by atoms with Gasteiger partial charge in [0.15, 0.2) is 0 Å². The summed E-state index contributed by atoms with van der Waals surface area (Å²) < 4.78 is 31.7. The molecular weight excluding hydrogens is 514 g/mol. The summed E-state index contributed by atoms with van der Waals surface area (Å²) in [5.74, 6) is -0.264. The first-order chi connectivity index (χ1) is 17.6. The summed E-state index contributed by atoms with van der Waals surface area (Å²) in [5.41, 5.74) is 1.27. The van der Waals surface area contributed by atoms with Gasteiger partial charge in [-0.15, -0.1) is 0 Å². The molecule has 0 radical (unpaired) electrons. The van der Waals surface area contributed by atoms with E-state index in [1.165, 1.54) is 24.1 Å². The van der Waals surface area contributed by atoms with Crippen LogP contribution in [0.5, 0.6) is 5.75 Å². The zero-order valence-corrected chi connectivity index (χ0v) is 23.2. The van der Waals surface area contributed by atoms with Gasteiger partial charge in [-0.3, -0.25) is 13.9 Å². The Morgan fingerprint density at radius 3 is 2.38 bits per heavy atom. The first kappa shape index (κ1) is 28.8. The molecular formula is C27H36ClN3O5S. The number of carbonyl (C=O) groups is 2. The molecule has 0 unspecified atom stereocenters. The first-order valence-electron chi connectivity index (χ1n) is 12.6. The molecule has 0 aliphatic heterocycles. The van der Waals surface area contributed by atoms with Crippen LogP contribution < -0.4 is 14.4 Å². The SMILES string of the molecule is CC[C@H](C(=O)NC1CCCC1)N(CCc1ccccc1)C(=O)CN(c1ccc(OC)c(Cl)c1)S(C)(=O)=O. The van der Waals surface area contributed by atoms with Gasteiger partial charge >= 0.3 is 0 Å². The van der Waals surface area contributed by atoms with Crippen LogP contribution in [-0.2, 0) is 26.0 Å². The molecule has 2 aromatic carbocycles. The van der Waals surface area contributed by atoms with Gasteiger partial charge in [-0.2, -0.15) is 0 Å². The van der Waals surface area contributed by atoms with Crippen molar-refractivity contribution in [1.82, 2.24) is 10.2 Å². The van der Waals surface area contributed by atoms with Crippen LogP contribution in [0.4, 0.5) is 5.69 Å². The van der Waals surface area contributed by atoms with Crippen LogP contribution in [0.15, 0.2) is 48.5 Å². The third-order valence-corrected chi connectivity index (χ3v) is 8.11. The second-order valence-corrected chi connectivity index (χ2v) is 11.6. The summed E-state index contributed by atoms with van der Waals surface area (Å²) in [7, 11) is -2.37. The highest BCUT2D eigenvalue weighted by atomic mass is 35.5. The molecule has 0 bridgehead atoms. The predicted molar refractivity (Wildman–Crippen MR) is 147 cm³/mol. The van der Waals surface area contributed by atoms with Crippen molar-refractivity contribution < 1.29 is 22.7 Å². The molecule has 1 N–H and O–H groups in total. The molecule has 3 rings (SSSR count). The van der Waals surface area contributed by atoms with Crippen LogP contribution in [0.2, 0.25) is 5.02 Å². The molecule has 10 heteroatoms. The number of benzene rings is 2. The van der Waals surface area contributed by atoms with Crippen molar-refractivity contribution in [1.29, 1.82) is 0 Å². The lowest BCUT2D eigenvalue weighted by Crippen LogP contribution is -2.54. The summed E-state index contributed by atoms with van der Waals surface area (Å²) >= 11 is 6.24. The zero-order chi connectivity index (χ0) is 27.0. The average Bonchev–Trinajstić information content (AvgIpc) is 3.37. The Kier molecular flexibility index (Phi) is 10.2. The summed E-state index contributed by atoms with van der Waals surface area (Å²) in [6, 6.07) is 13.6. The van der Waals surface area contributed by atoms with Crippen molar-refractivity contribution in [2.75, 3.05) is 30.8 Å². The van der Waals surface area contributed by atoms with Crippen molar-refractivity contribution in [3.8, 4) is 5.75 Å². The van der Waals surface area contributed by atoms with Crippen LogP contribution in [0.1, 0.15) is 44.6 Å². The van der Waals surface area contributed by atoms with Crippen molar-refractivity contribution >= 4 is 39.1 Å². The molecule has 2 amide bonds. The van der Waals surface area contributed by atoms with Gasteiger partial charge in [0.25, 0.3) is 0 Å². The summed E-state index contributed by atoms with van der Waals surface area (Å²) in [6.07, 6.45) is 5.99. The standard InChI is InChI=1S/C27H36ClN3O5S/c1-4-24(27(33)29-21-12-8-9-13-21)30(17-16-20-10-6-5-7-11-20)26(32)19-31(37(3,34)35)22-14-15-25(36-2)23(28)18-22/h5-7,10-11,14-15,18,21,24H,4,8-9,12-13,16-17,19H2,1-3H3,(H,29,33)/t24-/m1/s1. The highest BCUT2D eigenvalue weighted by Gasteiger charge is 2.32. The Bertz CT molecular complexity index is 1170. The fourth-order valence-corrected chi connectivity index (χ4v) is 5.78. The van der Waals surface area contributed by atoms with E-state index in [2.05, 4.69) is 5.32 Å². The smallest absolute Gasteiger partial charge is 0.244 e. The van der Waals surface area contributed by atoms with E-state index in [1.54, 1.807) is 6.07 Å². The predicted octanol–water partition coefficient (Wildman–Crippen LogP) is 4.02. The van der Waals surface area contributed by atoms with Gasteiger partial charge in [0.05, 0.1) is 24.1 Å². The average molecular weight is 550 g/mol. The van der Waals surface area contributed by atoms with Gasteiger partial charge in [-0.25, -0.2) is 8.42 Å². The number of hydrogen-bond acceptors (Lipinski definition) is 5. The molecule has 0 aromatic heterocycles. The summed E-state index contributed by atoms with van der Waals surface area (Å²) in [6.45, 7) is 1.68. The lowest BCUT2D eigenvalue weighted by atomic mass is 10.1. The molecule has 1 atom stereocenters. The third kappa shape index (κ3) is 7.85. The van der Waals surface area contributed by atoms with E-state index in [0.717, 1.165) is 41.8 Å². The fraction of sp³-hybridized carbons (Fsp3) is 0.481. The topological polar surface area (TPSA) is 96.0 Å². The zero-order valence-electron chi connectivity index (χ0n) is 21.7. The Labute approximate surface area is 225 Å². The van der Waals surface area contributed by atoms with E-state index in [9.17, 15) is 18.0 Å². The minimum Gasteiger partial charge on any atom is -0.495 e. The number of nitrogens with one attached hydrogen (secondary N) is 1. The number of ether oxygens (including phenoxy) is 1. The van der Waals surface area contributed by atoms with Gasteiger partial charge in [-0.05, 0) is 49.4 Å². The Balaban J connectivity index is 1.88. The van der Waals surface area contributed by atoms with Crippen LogP contribution >= 0.6 is 11.6 Å². The molecule has 1 aliphatic rings.